The molecule has 0 radical (unpaired) electrons. The van der Waals surface area contributed by atoms with Crippen LogP contribution in [0, 0.1) is 0 Å². The van der Waals surface area contributed by atoms with Gasteiger partial charge in [-0.3, -0.25) is 5.43 Å². The van der Waals surface area contributed by atoms with Gasteiger partial charge < -0.3 is 18.9 Å². The maximum absolute atomic E-state index is 12.7. The molecule has 3 aromatic carbocycles. The minimum Gasteiger partial charge on any atom is -0.497 e. The Hall–Kier alpha value is -4.11. The number of hydrogen-bond acceptors (Lipinski definition) is 9. The molecule has 0 saturated carbocycles. The molecule has 0 aliphatic heterocycles. The summed E-state index contributed by atoms with van der Waals surface area (Å²) in [5.74, 6) is 1.08. The van der Waals surface area contributed by atoms with Gasteiger partial charge in [-0.1, -0.05) is 23.5 Å². The van der Waals surface area contributed by atoms with E-state index in [9.17, 15) is 4.79 Å². The van der Waals surface area contributed by atoms with E-state index in [2.05, 4.69) is 15.5 Å². The fourth-order valence-corrected chi connectivity index (χ4v) is 3.83. The lowest BCUT2D eigenvalue weighted by molar-refractivity contribution is 0.0729. The average molecular weight is 464 g/mol. The summed E-state index contributed by atoms with van der Waals surface area (Å²) in [7, 11) is 4.53. The van der Waals surface area contributed by atoms with Gasteiger partial charge in [0.2, 0.25) is 5.13 Å². The van der Waals surface area contributed by atoms with Crippen molar-refractivity contribution >= 4 is 38.9 Å². The number of para-hydroxylation sites is 1. The molecule has 0 spiro atoms. The molecule has 0 saturated heterocycles. The molecular weight excluding hydrogens is 442 g/mol. The number of carbonyl (C=O) groups excluding carboxylic acids is 1. The van der Waals surface area contributed by atoms with Crippen LogP contribution in [-0.2, 0) is 0 Å². The average Bonchev–Trinajstić information content (AvgIpc) is 3.27. The number of ether oxygens (including phenoxy) is 4. The third-order valence-electron chi connectivity index (χ3n) is 4.65. The number of anilines is 1. The molecule has 0 fully saturated rings. The van der Waals surface area contributed by atoms with Crippen LogP contribution < -0.4 is 24.4 Å². The molecule has 1 aromatic heterocycles. The van der Waals surface area contributed by atoms with Crippen LogP contribution >= 0.6 is 11.3 Å². The number of hydrogen-bond donors (Lipinski definition) is 1. The number of methoxy groups -OCH3 is 3. The van der Waals surface area contributed by atoms with Crippen molar-refractivity contribution in [3.05, 3.63) is 71.8 Å². The summed E-state index contributed by atoms with van der Waals surface area (Å²) < 4.78 is 22.4. The monoisotopic (exact) mass is 463 g/mol. The Morgan fingerprint density at radius 2 is 1.70 bits per heavy atom. The van der Waals surface area contributed by atoms with E-state index in [0.717, 1.165) is 15.8 Å². The lowest BCUT2D eigenvalue weighted by Gasteiger charge is -2.11. The van der Waals surface area contributed by atoms with Gasteiger partial charge in [0.05, 0.1) is 43.3 Å². The van der Waals surface area contributed by atoms with E-state index in [1.54, 1.807) is 42.6 Å². The number of hydrazone groups is 1. The molecule has 0 aliphatic rings. The van der Waals surface area contributed by atoms with Crippen molar-refractivity contribution in [1.29, 1.82) is 0 Å². The Bertz CT molecular complexity index is 1260. The Morgan fingerprint density at radius 1 is 0.939 bits per heavy atom. The van der Waals surface area contributed by atoms with Gasteiger partial charge in [0.25, 0.3) is 0 Å². The first-order valence-electron chi connectivity index (χ1n) is 9.87. The fraction of sp³-hybridized carbons (Fsp3) is 0.125. The molecular formula is C24H21N3O5S. The smallest absolute Gasteiger partial charge is 0.343 e. The standard InChI is InChI=1S/C24H21N3O5S/c1-29-17-11-16(12-18(13-17)30-2)23(28)32-20-9-8-15(10-21(20)31-3)14-25-27-24-26-19-6-4-5-7-22(19)33-24/h4-14H,1-3H3,(H,26,27). The molecule has 9 heteroatoms. The second kappa shape index (κ2) is 10.0. The minimum absolute atomic E-state index is 0.278. The zero-order valence-electron chi connectivity index (χ0n) is 18.2. The number of fused-ring (bicyclic) bond motifs is 1. The van der Waals surface area contributed by atoms with E-state index in [1.165, 1.54) is 32.7 Å². The van der Waals surface area contributed by atoms with Gasteiger partial charge in [0, 0.05) is 6.07 Å². The van der Waals surface area contributed by atoms with E-state index in [0.29, 0.717) is 27.9 Å². The van der Waals surface area contributed by atoms with Crippen LogP contribution in [0.3, 0.4) is 0 Å². The second-order valence-electron chi connectivity index (χ2n) is 6.76. The van der Waals surface area contributed by atoms with Crippen LogP contribution in [0.1, 0.15) is 15.9 Å². The second-order valence-corrected chi connectivity index (χ2v) is 7.79. The molecule has 4 rings (SSSR count). The van der Waals surface area contributed by atoms with E-state index < -0.39 is 5.97 Å². The molecule has 4 aromatic rings. The van der Waals surface area contributed by atoms with Crippen molar-refractivity contribution in [3.8, 4) is 23.0 Å². The largest absolute Gasteiger partial charge is 0.497 e. The number of nitrogens with one attached hydrogen (secondary N) is 1. The van der Waals surface area contributed by atoms with Crippen molar-refractivity contribution in [1.82, 2.24) is 4.98 Å². The summed E-state index contributed by atoms with van der Waals surface area (Å²) in [4.78, 5) is 17.1. The number of thiazole rings is 1. The predicted molar refractivity (Wildman–Crippen MR) is 128 cm³/mol. The van der Waals surface area contributed by atoms with Gasteiger partial charge in [-0.15, -0.1) is 0 Å². The zero-order chi connectivity index (χ0) is 23.2. The van der Waals surface area contributed by atoms with Crippen molar-refractivity contribution in [3.63, 3.8) is 0 Å². The van der Waals surface area contributed by atoms with Gasteiger partial charge in [-0.2, -0.15) is 5.10 Å². The maximum atomic E-state index is 12.7. The first-order chi connectivity index (χ1) is 16.1. The Labute approximate surface area is 194 Å². The van der Waals surface area contributed by atoms with Gasteiger partial charge in [-0.25, -0.2) is 9.78 Å². The van der Waals surface area contributed by atoms with E-state index in [4.69, 9.17) is 18.9 Å². The van der Waals surface area contributed by atoms with Crippen LogP contribution in [-0.4, -0.2) is 38.5 Å². The number of rotatable bonds is 8. The molecule has 33 heavy (non-hydrogen) atoms. The number of nitrogens with zero attached hydrogens (tertiary/aromatic N) is 2. The highest BCUT2D eigenvalue weighted by atomic mass is 32.1. The third-order valence-corrected chi connectivity index (χ3v) is 5.59. The van der Waals surface area contributed by atoms with Crippen molar-refractivity contribution in [2.75, 3.05) is 26.8 Å². The number of esters is 1. The zero-order valence-corrected chi connectivity index (χ0v) is 19.0. The highest BCUT2D eigenvalue weighted by molar-refractivity contribution is 7.22. The number of carbonyl (C=O) groups is 1. The highest BCUT2D eigenvalue weighted by Crippen LogP contribution is 2.30. The Morgan fingerprint density at radius 3 is 2.39 bits per heavy atom. The topological polar surface area (TPSA) is 91.3 Å². The molecule has 168 valence electrons. The van der Waals surface area contributed by atoms with Crippen molar-refractivity contribution in [2.45, 2.75) is 0 Å². The maximum Gasteiger partial charge on any atom is 0.343 e. The normalized spacial score (nSPS) is 10.9. The van der Waals surface area contributed by atoms with Crippen molar-refractivity contribution in [2.24, 2.45) is 5.10 Å². The Balaban J connectivity index is 1.47. The Kier molecular flexibility index (Phi) is 6.70. The van der Waals surface area contributed by atoms with Gasteiger partial charge >= 0.3 is 5.97 Å². The summed E-state index contributed by atoms with van der Waals surface area (Å²) in [6.45, 7) is 0. The lowest BCUT2D eigenvalue weighted by Crippen LogP contribution is -2.10. The summed E-state index contributed by atoms with van der Waals surface area (Å²) in [5, 5.41) is 4.93. The van der Waals surface area contributed by atoms with Crippen LogP contribution in [0.2, 0.25) is 0 Å². The van der Waals surface area contributed by atoms with E-state index >= 15 is 0 Å². The molecule has 0 aliphatic carbocycles. The van der Waals surface area contributed by atoms with Gasteiger partial charge in [0.15, 0.2) is 11.5 Å². The molecule has 0 amide bonds. The summed E-state index contributed by atoms with van der Waals surface area (Å²) in [6.07, 6.45) is 1.63. The first-order valence-corrected chi connectivity index (χ1v) is 10.7. The quantitative estimate of drug-likeness (QED) is 0.170. The van der Waals surface area contributed by atoms with E-state index in [-0.39, 0.29) is 5.75 Å². The summed E-state index contributed by atoms with van der Waals surface area (Å²) in [6, 6.07) is 17.8. The SMILES string of the molecule is COc1cc(OC)cc(C(=O)Oc2ccc(C=NNc3nc4ccccc4s3)cc2OC)c1. The molecule has 0 atom stereocenters. The third kappa shape index (κ3) is 5.21. The van der Waals surface area contributed by atoms with Gasteiger partial charge in [-0.05, 0) is 48.0 Å². The predicted octanol–water partition coefficient (Wildman–Crippen LogP) is 4.99. The molecule has 0 bridgehead atoms. The van der Waals surface area contributed by atoms with Crippen LogP contribution in [0.4, 0.5) is 5.13 Å². The summed E-state index contributed by atoms with van der Waals surface area (Å²) >= 11 is 1.52. The molecule has 0 unspecified atom stereocenters. The lowest BCUT2D eigenvalue weighted by atomic mass is 10.2. The fourth-order valence-electron chi connectivity index (χ4n) is 3.01. The van der Waals surface area contributed by atoms with Crippen molar-refractivity contribution < 1.29 is 23.7 Å². The molecule has 1 heterocycles. The van der Waals surface area contributed by atoms with Crippen LogP contribution in [0.25, 0.3) is 10.2 Å². The first kappa shape index (κ1) is 22.1. The number of aromatic nitrogens is 1. The van der Waals surface area contributed by atoms with Crippen LogP contribution in [0.15, 0.2) is 65.8 Å². The van der Waals surface area contributed by atoms with Gasteiger partial charge in [0.1, 0.15) is 11.5 Å². The molecule has 8 nitrogen and oxygen atoms in total. The number of benzene rings is 3. The summed E-state index contributed by atoms with van der Waals surface area (Å²) in [5.41, 5.74) is 4.90. The van der Waals surface area contributed by atoms with Crippen LogP contribution in [0.5, 0.6) is 23.0 Å². The minimum atomic E-state index is -0.565. The molecule has 1 N–H and O–H groups in total. The van der Waals surface area contributed by atoms with E-state index in [1.807, 2.05) is 24.3 Å². The highest BCUT2D eigenvalue weighted by Gasteiger charge is 2.15.